The molecule has 1 atom stereocenters. The highest BCUT2D eigenvalue weighted by molar-refractivity contribution is 5.48. The Balaban J connectivity index is 2.91. The first kappa shape index (κ1) is 16.7. The first-order chi connectivity index (χ1) is 9.36. The molecular formula is C15H28N4O. The van der Waals surface area contributed by atoms with Crippen LogP contribution >= 0.6 is 0 Å². The zero-order chi connectivity index (χ0) is 15.2. The Morgan fingerprint density at radius 1 is 1.20 bits per heavy atom. The first-order valence-corrected chi connectivity index (χ1v) is 7.27. The number of anilines is 2. The molecule has 0 aromatic carbocycles. The standard InChI is InChI=1S/C15H28N4O/c1-7-8-16-12-9-13(17-10-11(2)20-6)19-14(18-12)15(3,4)5/h9,11H,7-8,10H2,1-6H3,(H2,16,17,18,19). The molecule has 2 N–H and O–H groups in total. The average Bonchev–Trinajstić information content (AvgIpc) is 2.41. The summed E-state index contributed by atoms with van der Waals surface area (Å²) in [5.74, 6) is 2.55. The van der Waals surface area contributed by atoms with E-state index in [2.05, 4.69) is 48.3 Å². The molecule has 0 aliphatic carbocycles. The van der Waals surface area contributed by atoms with Crippen LogP contribution in [0.15, 0.2) is 6.07 Å². The Hall–Kier alpha value is -1.36. The van der Waals surface area contributed by atoms with Gasteiger partial charge >= 0.3 is 0 Å². The van der Waals surface area contributed by atoms with Gasteiger partial charge in [0, 0.05) is 31.7 Å². The van der Waals surface area contributed by atoms with Crippen LogP contribution in [0.4, 0.5) is 11.6 Å². The summed E-state index contributed by atoms with van der Waals surface area (Å²) in [6.45, 7) is 12.2. The monoisotopic (exact) mass is 280 g/mol. The van der Waals surface area contributed by atoms with Gasteiger partial charge in [0.2, 0.25) is 0 Å². The Bertz CT molecular complexity index is 415. The second-order valence-corrected chi connectivity index (χ2v) is 6.07. The summed E-state index contributed by atoms with van der Waals surface area (Å²) in [7, 11) is 1.71. The normalized spacial score (nSPS) is 13.1. The third-order valence-electron chi connectivity index (χ3n) is 2.93. The molecule has 114 valence electrons. The summed E-state index contributed by atoms with van der Waals surface area (Å²) in [5, 5.41) is 6.64. The molecule has 5 nitrogen and oxygen atoms in total. The molecule has 1 heterocycles. The van der Waals surface area contributed by atoms with Gasteiger partial charge in [-0.2, -0.15) is 0 Å². The third kappa shape index (κ3) is 5.33. The van der Waals surface area contributed by atoms with Crippen molar-refractivity contribution < 1.29 is 4.74 Å². The van der Waals surface area contributed by atoms with Crippen LogP contribution in [0.3, 0.4) is 0 Å². The van der Waals surface area contributed by atoms with E-state index in [1.807, 2.05) is 13.0 Å². The van der Waals surface area contributed by atoms with Gasteiger partial charge in [-0.1, -0.05) is 27.7 Å². The minimum Gasteiger partial charge on any atom is -0.380 e. The Morgan fingerprint density at radius 2 is 1.80 bits per heavy atom. The van der Waals surface area contributed by atoms with Gasteiger partial charge in [0.15, 0.2) is 0 Å². The molecule has 1 aromatic rings. The molecule has 1 unspecified atom stereocenters. The number of methoxy groups -OCH3 is 1. The average molecular weight is 280 g/mol. The first-order valence-electron chi connectivity index (χ1n) is 7.27. The summed E-state index contributed by atoms with van der Waals surface area (Å²) in [6, 6.07) is 1.95. The van der Waals surface area contributed by atoms with Crippen molar-refractivity contribution >= 4 is 11.6 Å². The molecule has 0 saturated carbocycles. The number of hydrogen-bond acceptors (Lipinski definition) is 5. The number of nitrogens with zero attached hydrogens (tertiary/aromatic N) is 2. The minimum atomic E-state index is -0.0762. The topological polar surface area (TPSA) is 59.1 Å². The van der Waals surface area contributed by atoms with E-state index in [0.717, 1.165) is 37.0 Å². The lowest BCUT2D eigenvalue weighted by Crippen LogP contribution is -2.22. The van der Waals surface area contributed by atoms with E-state index in [9.17, 15) is 0 Å². The van der Waals surface area contributed by atoms with Crippen molar-refractivity contribution in [1.29, 1.82) is 0 Å². The molecule has 5 heteroatoms. The molecule has 0 radical (unpaired) electrons. The molecule has 1 rings (SSSR count). The smallest absolute Gasteiger partial charge is 0.138 e. The lowest BCUT2D eigenvalue weighted by Gasteiger charge is -2.20. The van der Waals surface area contributed by atoms with Gasteiger partial charge in [-0.25, -0.2) is 9.97 Å². The van der Waals surface area contributed by atoms with Crippen LogP contribution in [0.1, 0.15) is 46.9 Å². The molecule has 0 saturated heterocycles. The summed E-state index contributed by atoms with van der Waals surface area (Å²) in [5.41, 5.74) is -0.0762. The van der Waals surface area contributed by atoms with Gasteiger partial charge in [-0.3, -0.25) is 0 Å². The number of hydrogen-bond donors (Lipinski definition) is 2. The molecule has 0 bridgehead atoms. The van der Waals surface area contributed by atoms with Crippen molar-refractivity contribution in [2.24, 2.45) is 0 Å². The molecule has 0 aliphatic rings. The van der Waals surface area contributed by atoms with E-state index in [1.54, 1.807) is 7.11 Å². The van der Waals surface area contributed by atoms with E-state index in [4.69, 9.17) is 4.74 Å². The zero-order valence-corrected chi connectivity index (χ0v) is 13.6. The second-order valence-electron chi connectivity index (χ2n) is 6.07. The van der Waals surface area contributed by atoms with Crippen molar-refractivity contribution in [2.75, 3.05) is 30.8 Å². The van der Waals surface area contributed by atoms with Crippen LogP contribution < -0.4 is 10.6 Å². The summed E-state index contributed by atoms with van der Waals surface area (Å²) in [6.07, 6.45) is 1.22. The zero-order valence-electron chi connectivity index (χ0n) is 13.6. The maximum absolute atomic E-state index is 5.24. The van der Waals surface area contributed by atoms with Gasteiger partial charge in [0.25, 0.3) is 0 Å². The Labute approximate surface area is 122 Å². The van der Waals surface area contributed by atoms with Gasteiger partial charge < -0.3 is 15.4 Å². The fraction of sp³-hybridized carbons (Fsp3) is 0.733. The van der Waals surface area contributed by atoms with Crippen molar-refractivity contribution in [3.8, 4) is 0 Å². The van der Waals surface area contributed by atoms with E-state index >= 15 is 0 Å². The fourth-order valence-corrected chi connectivity index (χ4v) is 1.55. The molecule has 0 aliphatic heterocycles. The van der Waals surface area contributed by atoms with Gasteiger partial charge in [-0.15, -0.1) is 0 Å². The van der Waals surface area contributed by atoms with Crippen molar-refractivity contribution in [1.82, 2.24) is 9.97 Å². The summed E-state index contributed by atoms with van der Waals surface area (Å²) in [4.78, 5) is 9.20. The maximum atomic E-state index is 5.24. The molecule has 0 amide bonds. The second kappa shape index (κ2) is 7.43. The number of nitrogens with one attached hydrogen (secondary N) is 2. The van der Waals surface area contributed by atoms with Crippen molar-refractivity contribution in [3.63, 3.8) is 0 Å². The number of rotatable bonds is 7. The van der Waals surface area contributed by atoms with Crippen LogP contribution in [0.25, 0.3) is 0 Å². The maximum Gasteiger partial charge on any atom is 0.138 e. The molecule has 20 heavy (non-hydrogen) atoms. The summed E-state index contributed by atoms with van der Waals surface area (Å²) < 4.78 is 5.24. The highest BCUT2D eigenvalue weighted by Gasteiger charge is 2.19. The Kier molecular flexibility index (Phi) is 6.20. The number of aromatic nitrogens is 2. The predicted molar refractivity (Wildman–Crippen MR) is 84.5 cm³/mol. The van der Waals surface area contributed by atoms with E-state index < -0.39 is 0 Å². The van der Waals surface area contributed by atoms with Gasteiger partial charge in [0.05, 0.1) is 6.10 Å². The van der Waals surface area contributed by atoms with E-state index in [1.165, 1.54) is 0 Å². The van der Waals surface area contributed by atoms with Gasteiger partial charge in [0.1, 0.15) is 17.5 Å². The van der Waals surface area contributed by atoms with Crippen molar-refractivity contribution in [3.05, 3.63) is 11.9 Å². The lowest BCUT2D eigenvalue weighted by atomic mass is 9.96. The van der Waals surface area contributed by atoms with Crippen LogP contribution in [-0.4, -0.2) is 36.3 Å². The summed E-state index contributed by atoms with van der Waals surface area (Å²) >= 11 is 0. The largest absolute Gasteiger partial charge is 0.380 e. The van der Waals surface area contributed by atoms with Crippen molar-refractivity contribution in [2.45, 2.75) is 52.6 Å². The van der Waals surface area contributed by atoms with E-state index in [0.29, 0.717) is 0 Å². The van der Waals surface area contributed by atoms with Gasteiger partial charge in [-0.05, 0) is 13.3 Å². The highest BCUT2D eigenvalue weighted by atomic mass is 16.5. The van der Waals surface area contributed by atoms with Crippen LogP contribution in [0.5, 0.6) is 0 Å². The number of ether oxygens (including phenoxy) is 1. The quantitative estimate of drug-likeness (QED) is 0.804. The SMILES string of the molecule is CCCNc1cc(NCC(C)OC)nc(C(C)(C)C)n1. The van der Waals surface area contributed by atoms with E-state index in [-0.39, 0.29) is 11.5 Å². The van der Waals surface area contributed by atoms with Crippen LogP contribution in [0.2, 0.25) is 0 Å². The molecule has 0 spiro atoms. The molecule has 0 fully saturated rings. The van der Waals surface area contributed by atoms with Crippen LogP contribution in [-0.2, 0) is 10.2 Å². The molecule has 1 aromatic heterocycles. The third-order valence-corrected chi connectivity index (χ3v) is 2.93. The fourth-order valence-electron chi connectivity index (χ4n) is 1.55. The lowest BCUT2D eigenvalue weighted by molar-refractivity contribution is 0.128. The van der Waals surface area contributed by atoms with Crippen LogP contribution in [0, 0.1) is 0 Å². The Morgan fingerprint density at radius 3 is 2.30 bits per heavy atom. The predicted octanol–water partition coefficient (Wildman–Crippen LogP) is 3.04. The molecular weight excluding hydrogens is 252 g/mol. The highest BCUT2D eigenvalue weighted by Crippen LogP contribution is 2.22. The minimum absolute atomic E-state index is 0.0762.